The Kier molecular flexibility index (Phi) is 5.65. The molecule has 3 nitrogen and oxygen atoms in total. The van der Waals surface area contributed by atoms with Crippen LogP contribution in [0.1, 0.15) is 25.8 Å². The number of benzene rings is 1. The number of carbonyl (C=O) groups excluding carboxylic acids is 1. The van der Waals surface area contributed by atoms with Crippen molar-refractivity contribution >= 4 is 21.9 Å². The lowest BCUT2D eigenvalue weighted by atomic mass is 10.1. The van der Waals surface area contributed by atoms with Crippen LogP contribution in [0.15, 0.2) is 28.7 Å². The fraction of sp³-hybridized carbons (Fsp3) is 0.462. The van der Waals surface area contributed by atoms with Gasteiger partial charge in [-0.15, -0.1) is 0 Å². The summed E-state index contributed by atoms with van der Waals surface area (Å²) in [6, 6.07) is 7.11. The first kappa shape index (κ1) is 14.2. The normalized spacial score (nSPS) is 12.5. The van der Waals surface area contributed by atoms with Crippen molar-refractivity contribution in [1.29, 1.82) is 0 Å². The molecule has 0 saturated heterocycles. The maximum atomic E-state index is 11.6. The number of carbonyl (C=O) groups is 1. The predicted octanol–water partition coefficient (Wildman–Crippen LogP) is 2.87. The molecule has 1 aromatic carbocycles. The van der Waals surface area contributed by atoms with Crippen LogP contribution >= 0.6 is 15.9 Å². The van der Waals surface area contributed by atoms with Gasteiger partial charge in [0.1, 0.15) is 12.6 Å². The monoisotopic (exact) mass is 299 g/mol. The van der Waals surface area contributed by atoms with E-state index in [4.69, 9.17) is 10.5 Å². The molecule has 0 saturated carbocycles. The number of hydrogen-bond acceptors (Lipinski definition) is 3. The lowest BCUT2D eigenvalue weighted by molar-refractivity contribution is -0.146. The molecule has 1 atom stereocenters. The van der Waals surface area contributed by atoms with E-state index < -0.39 is 6.04 Å². The van der Waals surface area contributed by atoms with Gasteiger partial charge in [-0.3, -0.25) is 4.79 Å². The Balaban J connectivity index is 2.46. The van der Waals surface area contributed by atoms with Crippen molar-refractivity contribution in [2.75, 3.05) is 0 Å². The molecule has 0 bridgehead atoms. The highest BCUT2D eigenvalue weighted by Gasteiger charge is 2.16. The van der Waals surface area contributed by atoms with Crippen LogP contribution in [0.4, 0.5) is 0 Å². The standard InChI is InChI=1S/C13H18BrNO2/c1-9(2)7-12(15)13(16)17-8-10-5-3-4-6-11(10)14/h3-6,9,12H,7-8,15H2,1-2H3. The van der Waals surface area contributed by atoms with Crippen molar-refractivity contribution in [3.63, 3.8) is 0 Å². The summed E-state index contributed by atoms with van der Waals surface area (Å²) in [6.07, 6.45) is 0.648. The third kappa shape index (κ3) is 4.88. The molecule has 0 spiro atoms. The minimum absolute atomic E-state index is 0.256. The minimum atomic E-state index is -0.530. The summed E-state index contributed by atoms with van der Waals surface area (Å²) in [6.45, 7) is 4.31. The zero-order chi connectivity index (χ0) is 12.8. The molecule has 0 aliphatic rings. The first-order chi connectivity index (χ1) is 8.00. The van der Waals surface area contributed by atoms with Gasteiger partial charge in [-0.25, -0.2) is 0 Å². The molecule has 0 fully saturated rings. The van der Waals surface area contributed by atoms with Crippen molar-refractivity contribution in [3.05, 3.63) is 34.3 Å². The smallest absolute Gasteiger partial charge is 0.323 e. The molecule has 0 aromatic heterocycles. The molecule has 1 rings (SSSR count). The molecular formula is C13H18BrNO2. The van der Waals surface area contributed by atoms with Crippen molar-refractivity contribution in [1.82, 2.24) is 0 Å². The lowest BCUT2D eigenvalue weighted by Crippen LogP contribution is -2.33. The Hall–Kier alpha value is -0.870. The van der Waals surface area contributed by atoms with E-state index in [-0.39, 0.29) is 12.6 Å². The van der Waals surface area contributed by atoms with Crippen LogP contribution in [-0.4, -0.2) is 12.0 Å². The lowest BCUT2D eigenvalue weighted by Gasteiger charge is -2.13. The maximum absolute atomic E-state index is 11.6. The van der Waals surface area contributed by atoms with Crippen LogP contribution in [0.3, 0.4) is 0 Å². The first-order valence-corrected chi connectivity index (χ1v) is 6.45. The number of esters is 1. The fourth-order valence-electron chi connectivity index (χ4n) is 1.48. The van der Waals surface area contributed by atoms with Crippen LogP contribution in [0, 0.1) is 5.92 Å². The van der Waals surface area contributed by atoms with Gasteiger partial charge in [-0.05, 0) is 18.4 Å². The second kappa shape index (κ2) is 6.77. The molecule has 0 radical (unpaired) electrons. The largest absolute Gasteiger partial charge is 0.460 e. The summed E-state index contributed by atoms with van der Waals surface area (Å²) in [5, 5.41) is 0. The Morgan fingerprint density at radius 3 is 2.65 bits per heavy atom. The number of rotatable bonds is 5. The summed E-state index contributed by atoms with van der Waals surface area (Å²) in [7, 11) is 0. The van der Waals surface area contributed by atoms with Crippen LogP contribution in [0.25, 0.3) is 0 Å². The van der Waals surface area contributed by atoms with E-state index in [1.165, 1.54) is 0 Å². The molecule has 1 unspecified atom stereocenters. The maximum Gasteiger partial charge on any atom is 0.323 e. The second-order valence-electron chi connectivity index (χ2n) is 4.44. The average molecular weight is 300 g/mol. The predicted molar refractivity (Wildman–Crippen MR) is 71.4 cm³/mol. The topological polar surface area (TPSA) is 52.3 Å². The second-order valence-corrected chi connectivity index (χ2v) is 5.29. The van der Waals surface area contributed by atoms with Gasteiger partial charge < -0.3 is 10.5 Å². The Bertz CT molecular complexity index is 379. The molecule has 17 heavy (non-hydrogen) atoms. The van der Waals surface area contributed by atoms with Crippen LogP contribution in [-0.2, 0) is 16.1 Å². The van der Waals surface area contributed by atoms with E-state index in [0.29, 0.717) is 12.3 Å². The Morgan fingerprint density at radius 1 is 1.41 bits per heavy atom. The summed E-state index contributed by atoms with van der Waals surface area (Å²) >= 11 is 3.40. The molecule has 0 heterocycles. The van der Waals surface area contributed by atoms with Gasteiger partial charge in [-0.2, -0.15) is 0 Å². The van der Waals surface area contributed by atoms with E-state index >= 15 is 0 Å². The molecule has 4 heteroatoms. The summed E-state index contributed by atoms with van der Waals surface area (Å²) in [5.41, 5.74) is 6.68. The fourth-order valence-corrected chi connectivity index (χ4v) is 1.87. The van der Waals surface area contributed by atoms with Gasteiger partial charge in [-0.1, -0.05) is 48.0 Å². The van der Waals surface area contributed by atoms with Crippen molar-refractivity contribution in [2.24, 2.45) is 11.7 Å². The molecule has 0 aliphatic carbocycles. The number of ether oxygens (including phenoxy) is 1. The van der Waals surface area contributed by atoms with E-state index in [0.717, 1.165) is 10.0 Å². The summed E-state index contributed by atoms with van der Waals surface area (Å²) < 4.78 is 6.11. The first-order valence-electron chi connectivity index (χ1n) is 5.66. The van der Waals surface area contributed by atoms with E-state index in [2.05, 4.69) is 15.9 Å². The quantitative estimate of drug-likeness (QED) is 0.851. The molecule has 0 aliphatic heterocycles. The molecular weight excluding hydrogens is 282 g/mol. The Morgan fingerprint density at radius 2 is 2.06 bits per heavy atom. The van der Waals surface area contributed by atoms with Gasteiger partial charge in [0, 0.05) is 10.0 Å². The number of hydrogen-bond donors (Lipinski definition) is 1. The SMILES string of the molecule is CC(C)CC(N)C(=O)OCc1ccccc1Br. The number of halogens is 1. The van der Waals surface area contributed by atoms with E-state index in [1.54, 1.807) is 0 Å². The molecule has 94 valence electrons. The van der Waals surface area contributed by atoms with Gasteiger partial charge >= 0.3 is 5.97 Å². The van der Waals surface area contributed by atoms with Gasteiger partial charge in [0.15, 0.2) is 0 Å². The molecule has 0 amide bonds. The van der Waals surface area contributed by atoms with Crippen molar-refractivity contribution < 1.29 is 9.53 Å². The van der Waals surface area contributed by atoms with Crippen LogP contribution < -0.4 is 5.73 Å². The van der Waals surface area contributed by atoms with Crippen molar-refractivity contribution in [2.45, 2.75) is 32.9 Å². The van der Waals surface area contributed by atoms with E-state index in [1.807, 2.05) is 38.1 Å². The molecule has 1 aromatic rings. The minimum Gasteiger partial charge on any atom is -0.460 e. The van der Waals surface area contributed by atoms with Gasteiger partial charge in [0.25, 0.3) is 0 Å². The van der Waals surface area contributed by atoms with E-state index in [9.17, 15) is 4.79 Å². The third-order valence-electron chi connectivity index (χ3n) is 2.36. The van der Waals surface area contributed by atoms with Crippen LogP contribution in [0.2, 0.25) is 0 Å². The van der Waals surface area contributed by atoms with Crippen LogP contribution in [0.5, 0.6) is 0 Å². The molecule has 2 N–H and O–H groups in total. The highest BCUT2D eigenvalue weighted by atomic mass is 79.9. The van der Waals surface area contributed by atoms with Gasteiger partial charge in [0.05, 0.1) is 0 Å². The number of nitrogens with two attached hydrogens (primary N) is 1. The Labute approximate surface area is 110 Å². The highest BCUT2D eigenvalue weighted by molar-refractivity contribution is 9.10. The highest BCUT2D eigenvalue weighted by Crippen LogP contribution is 2.17. The summed E-state index contributed by atoms with van der Waals surface area (Å²) in [5.74, 6) is 0.0514. The third-order valence-corrected chi connectivity index (χ3v) is 3.13. The van der Waals surface area contributed by atoms with Gasteiger partial charge in [0.2, 0.25) is 0 Å². The zero-order valence-electron chi connectivity index (χ0n) is 10.2. The average Bonchev–Trinajstić information content (AvgIpc) is 2.26. The van der Waals surface area contributed by atoms with Crippen molar-refractivity contribution in [3.8, 4) is 0 Å². The zero-order valence-corrected chi connectivity index (χ0v) is 11.7. The summed E-state index contributed by atoms with van der Waals surface area (Å²) in [4.78, 5) is 11.6.